The molecule has 1 aliphatic heterocycles. The number of hydrogen-bond acceptors (Lipinski definition) is 5. The minimum atomic E-state index is 0.667. The molecule has 1 aromatic heterocycles. The first-order valence-electron chi connectivity index (χ1n) is 12.9. The maximum absolute atomic E-state index is 9.22. The molecule has 186 valence electrons. The van der Waals surface area contributed by atoms with E-state index in [4.69, 9.17) is 4.52 Å². The predicted molar refractivity (Wildman–Crippen MR) is 147 cm³/mol. The van der Waals surface area contributed by atoms with E-state index >= 15 is 0 Å². The number of benzene rings is 3. The molecule has 0 atom stereocenters. The lowest BCUT2D eigenvalue weighted by Gasteiger charge is -2.31. The molecule has 1 saturated heterocycles. The highest BCUT2D eigenvalue weighted by Crippen LogP contribution is 2.33. The molecule has 0 bridgehead atoms. The van der Waals surface area contributed by atoms with Crippen LogP contribution < -0.4 is 5.32 Å². The van der Waals surface area contributed by atoms with Crippen LogP contribution in [0.4, 0.5) is 0 Å². The minimum absolute atomic E-state index is 0.667. The largest absolute Gasteiger partial charge is 0.356 e. The average Bonchev–Trinajstić information content (AvgIpc) is 3.33. The third kappa shape index (κ3) is 6.20. The van der Waals surface area contributed by atoms with E-state index in [1.54, 1.807) is 0 Å². The molecule has 0 unspecified atom stereocenters. The van der Waals surface area contributed by atoms with Gasteiger partial charge in [-0.05, 0) is 101 Å². The van der Waals surface area contributed by atoms with E-state index in [2.05, 4.69) is 70.8 Å². The molecule has 0 aliphatic carbocycles. The van der Waals surface area contributed by atoms with Crippen molar-refractivity contribution in [2.24, 2.45) is 5.92 Å². The fraction of sp³-hybridized carbons (Fsp3) is 0.355. The lowest BCUT2D eigenvalue weighted by atomic mass is 9.90. The van der Waals surface area contributed by atoms with E-state index in [1.807, 2.05) is 38.4 Å². The van der Waals surface area contributed by atoms with Gasteiger partial charge in [0, 0.05) is 17.5 Å². The van der Waals surface area contributed by atoms with Crippen molar-refractivity contribution in [2.45, 2.75) is 39.2 Å². The van der Waals surface area contributed by atoms with E-state index in [0.717, 1.165) is 58.7 Å². The van der Waals surface area contributed by atoms with Crippen molar-refractivity contribution in [2.75, 3.05) is 27.2 Å². The Hall–Kier alpha value is -3.46. The average molecular weight is 481 g/mol. The van der Waals surface area contributed by atoms with E-state index in [1.165, 1.54) is 31.5 Å². The molecule has 0 spiro atoms. The van der Waals surface area contributed by atoms with Crippen LogP contribution in [-0.2, 0) is 13.0 Å². The Balaban J connectivity index is 0.000000967. The molecule has 1 fully saturated rings. The van der Waals surface area contributed by atoms with Gasteiger partial charge in [-0.2, -0.15) is 5.26 Å². The van der Waals surface area contributed by atoms with Crippen molar-refractivity contribution in [3.63, 3.8) is 0 Å². The fourth-order valence-electron chi connectivity index (χ4n) is 5.05. The third-order valence-corrected chi connectivity index (χ3v) is 7.01. The Morgan fingerprint density at radius 1 is 1.03 bits per heavy atom. The number of aromatic nitrogens is 1. The van der Waals surface area contributed by atoms with Crippen LogP contribution in [0, 0.1) is 24.2 Å². The summed E-state index contributed by atoms with van der Waals surface area (Å²) in [5.41, 5.74) is 7.20. The number of hydrogen-bond donors (Lipinski definition) is 1. The van der Waals surface area contributed by atoms with Gasteiger partial charge in [0.05, 0.1) is 17.3 Å². The first-order valence-corrected chi connectivity index (χ1v) is 12.9. The van der Waals surface area contributed by atoms with Crippen molar-refractivity contribution in [1.82, 2.24) is 15.4 Å². The lowest BCUT2D eigenvalue weighted by Crippen LogP contribution is -2.33. The van der Waals surface area contributed by atoms with E-state index in [9.17, 15) is 5.26 Å². The number of likely N-dealkylation sites (tertiary alicyclic amines) is 1. The second kappa shape index (κ2) is 12.5. The van der Waals surface area contributed by atoms with Gasteiger partial charge in [0.25, 0.3) is 0 Å². The van der Waals surface area contributed by atoms with Gasteiger partial charge in [-0.15, -0.1) is 0 Å². The lowest BCUT2D eigenvalue weighted by molar-refractivity contribution is 0.172. The highest BCUT2D eigenvalue weighted by molar-refractivity contribution is 5.89. The summed E-state index contributed by atoms with van der Waals surface area (Å²) in [6, 6.07) is 25.0. The molecule has 0 saturated carbocycles. The summed E-state index contributed by atoms with van der Waals surface area (Å²) in [6.45, 7) is 5.47. The van der Waals surface area contributed by atoms with Crippen molar-refractivity contribution < 1.29 is 4.52 Å². The van der Waals surface area contributed by atoms with Gasteiger partial charge in [0.15, 0.2) is 5.58 Å². The summed E-state index contributed by atoms with van der Waals surface area (Å²) in [4.78, 5) is 2.57. The van der Waals surface area contributed by atoms with Crippen molar-refractivity contribution >= 4 is 11.0 Å². The van der Waals surface area contributed by atoms with Gasteiger partial charge in [0.2, 0.25) is 0 Å². The SMILES string of the molecule is CNC.Cc1c(-c2cccc(C#N)c2)ccc2c(CCC3CCN(Cc4ccccc4)CC3)noc12. The van der Waals surface area contributed by atoms with Crippen LogP contribution in [0.1, 0.15) is 41.6 Å². The minimum Gasteiger partial charge on any atom is -0.356 e. The number of nitrogens with zero attached hydrogens (tertiary/aromatic N) is 3. The first kappa shape index (κ1) is 25.6. The topological polar surface area (TPSA) is 65.1 Å². The van der Waals surface area contributed by atoms with Gasteiger partial charge in [0.1, 0.15) is 0 Å². The zero-order valence-electron chi connectivity index (χ0n) is 21.6. The smallest absolute Gasteiger partial charge is 0.170 e. The number of aryl methyl sites for hydroxylation is 2. The maximum Gasteiger partial charge on any atom is 0.170 e. The van der Waals surface area contributed by atoms with Crippen LogP contribution >= 0.6 is 0 Å². The zero-order valence-corrected chi connectivity index (χ0v) is 21.6. The molecule has 2 heterocycles. The normalized spacial score (nSPS) is 14.3. The van der Waals surface area contributed by atoms with Crippen LogP contribution in [0.15, 0.2) is 71.3 Å². The van der Waals surface area contributed by atoms with Crippen LogP contribution in [0.2, 0.25) is 0 Å². The Bertz CT molecular complexity index is 1300. The van der Waals surface area contributed by atoms with Crippen LogP contribution in [-0.4, -0.2) is 37.2 Å². The maximum atomic E-state index is 9.22. The van der Waals surface area contributed by atoms with Crippen LogP contribution in [0.3, 0.4) is 0 Å². The van der Waals surface area contributed by atoms with Gasteiger partial charge in [-0.1, -0.05) is 53.7 Å². The standard InChI is InChI=1S/C29H29N3O.C2H7N/c1-21-26(25-9-5-8-24(18-25)19-30)11-12-27-28(31-33-29(21)27)13-10-22-14-16-32(17-15-22)20-23-6-3-2-4-7-23;1-3-2/h2-9,11-12,18,22H,10,13-17,20H2,1H3;3H,1-2H3. The van der Waals surface area contributed by atoms with Gasteiger partial charge in [-0.25, -0.2) is 0 Å². The summed E-state index contributed by atoms with van der Waals surface area (Å²) >= 11 is 0. The Morgan fingerprint density at radius 2 is 1.78 bits per heavy atom. The van der Waals surface area contributed by atoms with Crippen molar-refractivity contribution in [3.05, 3.63) is 89.1 Å². The molecule has 0 amide bonds. The highest BCUT2D eigenvalue weighted by Gasteiger charge is 2.21. The highest BCUT2D eigenvalue weighted by atomic mass is 16.5. The first-order chi connectivity index (χ1) is 17.6. The second-order valence-electron chi connectivity index (χ2n) is 9.68. The van der Waals surface area contributed by atoms with Gasteiger partial charge < -0.3 is 9.84 Å². The molecule has 1 aliphatic rings. The summed E-state index contributed by atoms with van der Waals surface area (Å²) in [5.74, 6) is 0.748. The number of rotatable bonds is 6. The Morgan fingerprint density at radius 3 is 2.50 bits per heavy atom. The molecule has 5 heteroatoms. The number of fused-ring (bicyclic) bond motifs is 1. The predicted octanol–water partition coefficient (Wildman–Crippen LogP) is 6.36. The molecular formula is C31H36N4O. The van der Waals surface area contributed by atoms with E-state index in [0.29, 0.717) is 5.56 Å². The molecule has 5 nitrogen and oxygen atoms in total. The number of nitrogens with one attached hydrogen (secondary N) is 1. The molecular weight excluding hydrogens is 444 g/mol. The van der Waals surface area contributed by atoms with Crippen molar-refractivity contribution in [3.8, 4) is 17.2 Å². The second-order valence-corrected chi connectivity index (χ2v) is 9.68. The Labute approximate surface area is 214 Å². The fourth-order valence-corrected chi connectivity index (χ4v) is 5.05. The number of piperidine rings is 1. The van der Waals surface area contributed by atoms with E-state index < -0.39 is 0 Å². The summed E-state index contributed by atoms with van der Waals surface area (Å²) in [7, 11) is 3.75. The molecule has 3 aromatic carbocycles. The van der Waals surface area contributed by atoms with E-state index in [-0.39, 0.29) is 0 Å². The quantitative estimate of drug-likeness (QED) is 0.348. The number of nitriles is 1. The molecule has 36 heavy (non-hydrogen) atoms. The molecule has 5 rings (SSSR count). The summed E-state index contributed by atoms with van der Waals surface area (Å²) < 4.78 is 5.80. The summed E-state index contributed by atoms with van der Waals surface area (Å²) in [5, 5.41) is 17.5. The van der Waals surface area contributed by atoms with Crippen LogP contribution in [0.5, 0.6) is 0 Å². The van der Waals surface area contributed by atoms with Gasteiger partial charge in [-0.3, -0.25) is 4.90 Å². The molecule has 4 aromatic rings. The van der Waals surface area contributed by atoms with Crippen molar-refractivity contribution in [1.29, 1.82) is 5.26 Å². The van der Waals surface area contributed by atoms with Crippen LogP contribution in [0.25, 0.3) is 22.1 Å². The summed E-state index contributed by atoms with van der Waals surface area (Å²) in [6.07, 6.45) is 4.62. The zero-order chi connectivity index (χ0) is 25.3. The monoisotopic (exact) mass is 480 g/mol. The van der Waals surface area contributed by atoms with Gasteiger partial charge >= 0.3 is 0 Å². The third-order valence-electron chi connectivity index (χ3n) is 7.01. The molecule has 1 N–H and O–H groups in total. The molecule has 0 radical (unpaired) electrons. The Kier molecular flexibility index (Phi) is 8.89.